The van der Waals surface area contributed by atoms with Gasteiger partial charge in [0.25, 0.3) is 0 Å². The highest BCUT2D eigenvalue weighted by molar-refractivity contribution is 9.10. The monoisotopic (exact) mass is 324 g/mol. The SMILES string of the molecule is CCNc1cncc(Nc2cc(F)c(Br)cc2C)n1. The summed E-state index contributed by atoms with van der Waals surface area (Å²) in [4.78, 5) is 8.41. The molecule has 0 saturated carbocycles. The molecule has 2 rings (SSSR count). The van der Waals surface area contributed by atoms with E-state index in [1.807, 2.05) is 13.8 Å². The van der Waals surface area contributed by atoms with Gasteiger partial charge in [-0.05, 0) is 47.5 Å². The van der Waals surface area contributed by atoms with Crippen LogP contribution >= 0.6 is 15.9 Å². The molecule has 0 atom stereocenters. The Hall–Kier alpha value is -1.69. The molecule has 0 fully saturated rings. The molecule has 6 heteroatoms. The van der Waals surface area contributed by atoms with E-state index in [1.54, 1.807) is 18.5 Å². The van der Waals surface area contributed by atoms with E-state index in [4.69, 9.17) is 0 Å². The van der Waals surface area contributed by atoms with Crippen LogP contribution in [0.3, 0.4) is 0 Å². The number of hydrogen-bond acceptors (Lipinski definition) is 4. The Morgan fingerprint density at radius 2 is 2.00 bits per heavy atom. The lowest BCUT2D eigenvalue weighted by molar-refractivity contribution is 0.621. The lowest BCUT2D eigenvalue weighted by atomic mass is 10.2. The molecule has 0 amide bonds. The van der Waals surface area contributed by atoms with E-state index in [0.717, 1.165) is 12.1 Å². The molecule has 0 unspecified atom stereocenters. The lowest BCUT2D eigenvalue weighted by Gasteiger charge is -2.10. The fourth-order valence-corrected chi connectivity index (χ4v) is 2.07. The average molecular weight is 325 g/mol. The van der Waals surface area contributed by atoms with Gasteiger partial charge in [-0.2, -0.15) is 0 Å². The van der Waals surface area contributed by atoms with Crippen molar-refractivity contribution in [2.24, 2.45) is 0 Å². The van der Waals surface area contributed by atoms with E-state index in [0.29, 0.717) is 21.8 Å². The zero-order valence-electron chi connectivity index (χ0n) is 10.7. The smallest absolute Gasteiger partial charge is 0.151 e. The minimum Gasteiger partial charge on any atom is -0.369 e. The molecule has 100 valence electrons. The quantitative estimate of drug-likeness (QED) is 0.896. The van der Waals surface area contributed by atoms with Crippen LogP contribution < -0.4 is 10.6 Å². The van der Waals surface area contributed by atoms with Gasteiger partial charge in [-0.1, -0.05) is 0 Å². The fraction of sp³-hybridized carbons (Fsp3) is 0.231. The summed E-state index contributed by atoms with van der Waals surface area (Å²) >= 11 is 3.16. The maximum atomic E-state index is 13.5. The number of rotatable bonds is 4. The molecule has 2 aromatic rings. The van der Waals surface area contributed by atoms with Crippen molar-refractivity contribution in [2.45, 2.75) is 13.8 Å². The van der Waals surface area contributed by atoms with Gasteiger partial charge < -0.3 is 10.6 Å². The molecule has 0 aliphatic heterocycles. The number of nitrogens with one attached hydrogen (secondary N) is 2. The van der Waals surface area contributed by atoms with Gasteiger partial charge in [-0.15, -0.1) is 0 Å². The Balaban J connectivity index is 2.25. The summed E-state index contributed by atoms with van der Waals surface area (Å²) in [5, 5.41) is 6.14. The molecule has 0 bridgehead atoms. The van der Waals surface area contributed by atoms with Crippen LogP contribution in [0.15, 0.2) is 29.0 Å². The van der Waals surface area contributed by atoms with Crippen molar-refractivity contribution in [3.8, 4) is 0 Å². The minimum atomic E-state index is -0.316. The minimum absolute atomic E-state index is 0.316. The number of halogens is 2. The van der Waals surface area contributed by atoms with Crippen LogP contribution in [0.1, 0.15) is 12.5 Å². The van der Waals surface area contributed by atoms with Crippen LogP contribution in [0.2, 0.25) is 0 Å². The number of anilines is 3. The third-order valence-electron chi connectivity index (χ3n) is 2.52. The second-order valence-electron chi connectivity index (χ2n) is 4.03. The van der Waals surface area contributed by atoms with Crippen LogP contribution in [-0.4, -0.2) is 16.5 Å². The standard InChI is InChI=1S/C13H14BrFN4/c1-3-17-12-6-16-7-13(19-12)18-11-5-10(15)9(14)4-8(11)2/h4-7H,3H2,1-2H3,(H2,17,18,19). The predicted molar refractivity (Wildman–Crippen MR) is 78.3 cm³/mol. The van der Waals surface area contributed by atoms with E-state index < -0.39 is 0 Å². The zero-order chi connectivity index (χ0) is 13.8. The first-order chi connectivity index (χ1) is 9.10. The fourth-order valence-electron chi connectivity index (χ4n) is 1.61. The van der Waals surface area contributed by atoms with E-state index >= 15 is 0 Å². The summed E-state index contributed by atoms with van der Waals surface area (Å²) in [6.07, 6.45) is 3.24. The molecule has 4 nitrogen and oxygen atoms in total. The van der Waals surface area contributed by atoms with Gasteiger partial charge in [0.15, 0.2) is 5.82 Å². The van der Waals surface area contributed by atoms with Crippen molar-refractivity contribution >= 4 is 33.3 Å². The van der Waals surface area contributed by atoms with Crippen LogP contribution in [-0.2, 0) is 0 Å². The Morgan fingerprint density at radius 1 is 1.26 bits per heavy atom. The second kappa shape index (κ2) is 5.97. The number of nitrogens with zero attached hydrogens (tertiary/aromatic N) is 2. The molecular weight excluding hydrogens is 311 g/mol. The summed E-state index contributed by atoms with van der Waals surface area (Å²) in [5.74, 6) is 0.940. The van der Waals surface area contributed by atoms with Gasteiger partial charge in [0.2, 0.25) is 0 Å². The molecule has 1 aromatic carbocycles. The molecule has 2 N–H and O–H groups in total. The van der Waals surface area contributed by atoms with Crippen LogP contribution in [0.5, 0.6) is 0 Å². The van der Waals surface area contributed by atoms with Gasteiger partial charge in [-0.25, -0.2) is 9.37 Å². The Kier molecular flexibility index (Phi) is 4.31. The Morgan fingerprint density at radius 3 is 2.74 bits per heavy atom. The first-order valence-electron chi connectivity index (χ1n) is 5.88. The lowest BCUT2D eigenvalue weighted by Crippen LogP contribution is -2.03. The van der Waals surface area contributed by atoms with E-state index in [2.05, 4.69) is 36.5 Å². The number of hydrogen-bond donors (Lipinski definition) is 2. The molecule has 0 spiro atoms. The Labute approximate surface area is 119 Å². The van der Waals surface area contributed by atoms with Gasteiger partial charge in [0, 0.05) is 12.2 Å². The first-order valence-corrected chi connectivity index (χ1v) is 6.68. The molecule has 0 aliphatic rings. The zero-order valence-corrected chi connectivity index (χ0v) is 12.3. The van der Waals surface area contributed by atoms with Crippen LogP contribution in [0, 0.1) is 12.7 Å². The van der Waals surface area contributed by atoms with Crippen LogP contribution in [0.25, 0.3) is 0 Å². The number of aryl methyl sites for hydroxylation is 1. The summed E-state index contributed by atoms with van der Waals surface area (Å²) in [6, 6.07) is 3.15. The average Bonchev–Trinajstić information content (AvgIpc) is 2.37. The molecule has 1 aromatic heterocycles. The number of benzene rings is 1. The molecule has 0 saturated heterocycles. The van der Waals surface area contributed by atoms with Crippen molar-refractivity contribution in [2.75, 3.05) is 17.2 Å². The topological polar surface area (TPSA) is 49.8 Å². The normalized spacial score (nSPS) is 10.3. The van der Waals surface area contributed by atoms with Crippen molar-refractivity contribution in [3.63, 3.8) is 0 Å². The van der Waals surface area contributed by atoms with Gasteiger partial charge in [0.05, 0.1) is 16.9 Å². The Bertz CT molecular complexity index is 589. The summed E-state index contributed by atoms with van der Waals surface area (Å²) in [7, 11) is 0. The molecular formula is C13H14BrFN4. The van der Waals surface area contributed by atoms with Crippen molar-refractivity contribution in [1.82, 2.24) is 9.97 Å². The maximum Gasteiger partial charge on any atom is 0.151 e. The van der Waals surface area contributed by atoms with Gasteiger partial charge >= 0.3 is 0 Å². The molecule has 1 heterocycles. The van der Waals surface area contributed by atoms with E-state index in [9.17, 15) is 4.39 Å². The highest BCUT2D eigenvalue weighted by Crippen LogP contribution is 2.26. The largest absolute Gasteiger partial charge is 0.369 e. The number of aromatic nitrogens is 2. The van der Waals surface area contributed by atoms with E-state index in [-0.39, 0.29) is 5.82 Å². The summed E-state index contributed by atoms with van der Waals surface area (Å²) in [5.41, 5.74) is 1.59. The van der Waals surface area contributed by atoms with Crippen molar-refractivity contribution in [3.05, 3.63) is 40.4 Å². The highest BCUT2D eigenvalue weighted by atomic mass is 79.9. The second-order valence-corrected chi connectivity index (χ2v) is 4.88. The van der Waals surface area contributed by atoms with Gasteiger partial charge in [-0.3, -0.25) is 4.98 Å². The summed E-state index contributed by atoms with van der Waals surface area (Å²) < 4.78 is 14.0. The third-order valence-corrected chi connectivity index (χ3v) is 3.13. The predicted octanol–water partition coefficient (Wildman–Crippen LogP) is 3.86. The first kappa shape index (κ1) is 13.7. The highest BCUT2D eigenvalue weighted by Gasteiger charge is 2.06. The molecule has 0 aliphatic carbocycles. The molecule has 19 heavy (non-hydrogen) atoms. The maximum absolute atomic E-state index is 13.5. The third kappa shape index (κ3) is 3.41. The van der Waals surface area contributed by atoms with Gasteiger partial charge in [0.1, 0.15) is 11.6 Å². The van der Waals surface area contributed by atoms with Crippen molar-refractivity contribution < 1.29 is 4.39 Å². The van der Waals surface area contributed by atoms with E-state index in [1.165, 1.54) is 6.07 Å². The van der Waals surface area contributed by atoms with Crippen molar-refractivity contribution in [1.29, 1.82) is 0 Å². The van der Waals surface area contributed by atoms with Crippen LogP contribution in [0.4, 0.5) is 21.7 Å². The summed E-state index contributed by atoms with van der Waals surface area (Å²) in [6.45, 7) is 4.65. The molecule has 0 radical (unpaired) electrons.